The second-order valence-electron chi connectivity index (χ2n) is 3.52. The summed E-state index contributed by atoms with van der Waals surface area (Å²) in [6, 6.07) is -0.251. The largest absolute Gasteiger partial charge is 0.481 e. The Balaban J connectivity index is 0.00000196. The molecule has 15 heavy (non-hydrogen) atoms. The molecule has 2 N–H and O–H groups in total. The molecule has 0 bridgehead atoms. The zero-order chi connectivity index (χ0) is 10.6. The van der Waals surface area contributed by atoms with Crippen LogP contribution in [0.15, 0.2) is 0 Å². The molecule has 0 aromatic rings. The van der Waals surface area contributed by atoms with Crippen molar-refractivity contribution in [3.05, 3.63) is 0 Å². The van der Waals surface area contributed by atoms with E-state index in [0.717, 1.165) is 0 Å². The van der Waals surface area contributed by atoms with E-state index in [1.165, 1.54) is 7.11 Å². The lowest BCUT2D eigenvalue weighted by Gasteiger charge is -2.07. The first-order valence-corrected chi connectivity index (χ1v) is 4.66. The number of rotatable bonds is 4. The molecular weight excluding hydrogens is 222 g/mol. The van der Waals surface area contributed by atoms with Gasteiger partial charge in [0.2, 0.25) is 0 Å². The monoisotopic (exact) mass is 237 g/mol. The average Bonchev–Trinajstić information content (AvgIpc) is 2.62. The van der Waals surface area contributed by atoms with Crippen LogP contribution in [0.25, 0.3) is 0 Å². The number of aliphatic carboxylic acids is 1. The van der Waals surface area contributed by atoms with Crippen molar-refractivity contribution in [3.63, 3.8) is 0 Å². The number of methoxy groups -OCH3 is 1. The summed E-state index contributed by atoms with van der Waals surface area (Å²) in [5.41, 5.74) is 0. The number of hydrogen-bond donors (Lipinski definition) is 2. The van der Waals surface area contributed by atoms with Gasteiger partial charge in [-0.3, -0.25) is 9.59 Å². The normalized spacial score (nSPS) is 24.3. The zero-order valence-electron chi connectivity index (χ0n) is 8.56. The molecule has 0 spiro atoms. The molecule has 1 heterocycles. The Hall–Kier alpha value is -0.810. The molecule has 0 aromatic heterocycles. The molecule has 0 radical (unpaired) electrons. The summed E-state index contributed by atoms with van der Waals surface area (Å²) in [7, 11) is 1.36. The van der Waals surface area contributed by atoms with E-state index >= 15 is 0 Å². The zero-order valence-corrected chi connectivity index (χ0v) is 9.38. The number of carboxylic acid groups (broad SMARTS) is 1. The van der Waals surface area contributed by atoms with Gasteiger partial charge in [0.25, 0.3) is 0 Å². The van der Waals surface area contributed by atoms with Crippen LogP contribution in [-0.2, 0) is 14.3 Å². The van der Waals surface area contributed by atoms with Gasteiger partial charge in [0.15, 0.2) is 0 Å². The lowest BCUT2D eigenvalue weighted by molar-refractivity contribution is -0.142. The first-order chi connectivity index (χ1) is 6.63. The van der Waals surface area contributed by atoms with E-state index in [-0.39, 0.29) is 36.8 Å². The fraction of sp³-hybridized carbons (Fsp3) is 0.778. The summed E-state index contributed by atoms with van der Waals surface area (Å²) in [6.45, 7) is 0.701. The van der Waals surface area contributed by atoms with E-state index in [1.807, 2.05) is 0 Å². The van der Waals surface area contributed by atoms with Gasteiger partial charge in [-0.15, -0.1) is 12.4 Å². The second-order valence-corrected chi connectivity index (χ2v) is 3.52. The van der Waals surface area contributed by atoms with Crippen molar-refractivity contribution >= 4 is 24.3 Å². The van der Waals surface area contributed by atoms with Crippen molar-refractivity contribution in [2.75, 3.05) is 13.7 Å². The summed E-state index contributed by atoms with van der Waals surface area (Å²) in [5.74, 6) is -0.774. The van der Waals surface area contributed by atoms with Crippen LogP contribution in [0.1, 0.15) is 19.3 Å². The molecule has 1 rings (SSSR count). The third-order valence-corrected chi connectivity index (χ3v) is 2.47. The van der Waals surface area contributed by atoms with Crippen molar-refractivity contribution in [2.24, 2.45) is 5.92 Å². The molecule has 1 aliphatic heterocycles. The van der Waals surface area contributed by atoms with Crippen molar-refractivity contribution < 1.29 is 19.4 Å². The Morgan fingerprint density at radius 3 is 2.73 bits per heavy atom. The molecular formula is C9H16ClNO4. The van der Waals surface area contributed by atoms with E-state index in [4.69, 9.17) is 5.11 Å². The highest BCUT2D eigenvalue weighted by molar-refractivity contribution is 5.85. The van der Waals surface area contributed by atoms with Crippen molar-refractivity contribution in [3.8, 4) is 0 Å². The standard InChI is InChI=1S/C9H15NO4.ClH/c1-14-9(13)7-4-6(5-10-7)2-3-8(11)12;/h6-7,10H,2-5H2,1H3,(H,11,12);1H/t6-,7-;/m0./s1. The Bertz CT molecular complexity index is 234. The third kappa shape index (κ3) is 4.48. The van der Waals surface area contributed by atoms with Gasteiger partial charge in [-0.25, -0.2) is 0 Å². The van der Waals surface area contributed by atoms with Gasteiger partial charge in [0, 0.05) is 6.42 Å². The molecule has 88 valence electrons. The highest BCUT2D eigenvalue weighted by Gasteiger charge is 2.29. The van der Waals surface area contributed by atoms with Crippen LogP contribution in [-0.4, -0.2) is 36.7 Å². The van der Waals surface area contributed by atoms with Crippen LogP contribution in [0.5, 0.6) is 0 Å². The van der Waals surface area contributed by atoms with E-state index < -0.39 is 5.97 Å². The first-order valence-electron chi connectivity index (χ1n) is 4.66. The summed E-state index contributed by atoms with van der Waals surface area (Å²) in [5, 5.41) is 11.5. The number of ether oxygens (including phenoxy) is 1. The molecule has 0 amide bonds. The van der Waals surface area contributed by atoms with Gasteiger partial charge in [0.1, 0.15) is 6.04 Å². The predicted octanol–water partition coefficient (Wildman–Crippen LogP) is 0.424. The van der Waals surface area contributed by atoms with Crippen LogP contribution in [0.2, 0.25) is 0 Å². The Morgan fingerprint density at radius 2 is 2.20 bits per heavy atom. The minimum absolute atomic E-state index is 0. The number of esters is 1. The van der Waals surface area contributed by atoms with E-state index in [1.54, 1.807) is 0 Å². The SMILES string of the molecule is COC(=O)[C@@H]1C[C@H](CCC(=O)O)CN1.Cl. The van der Waals surface area contributed by atoms with Crippen LogP contribution in [0.4, 0.5) is 0 Å². The average molecular weight is 238 g/mol. The summed E-state index contributed by atoms with van der Waals surface area (Å²) >= 11 is 0. The maximum atomic E-state index is 11.1. The molecule has 1 aliphatic rings. The first kappa shape index (κ1) is 14.2. The molecule has 1 saturated heterocycles. The molecule has 0 aromatic carbocycles. The summed E-state index contributed by atoms with van der Waals surface area (Å²) < 4.78 is 4.59. The van der Waals surface area contributed by atoms with E-state index in [9.17, 15) is 9.59 Å². The predicted molar refractivity (Wildman–Crippen MR) is 56.0 cm³/mol. The number of halogens is 1. The Morgan fingerprint density at radius 1 is 1.53 bits per heavy atom. The van der Waals surface area contributed by atoms with Gasteiger partial charge in [-0.1, -0.05) is 0 Å². The lowest BCUT2D eigenvalue weighted by atomic mass is 10.00. The molecule has 0 unspecified atom stereocenters. The van der Waals surface area contributed by atoms with Gasteiger partial charge in [-0.05, 0) is 25.3 Å². The third-order valence-electron chi connectivity index (χ3n) is 2.47. The Labute approximate surface area is 94.6 Å². The van der Waals surface area contributed by atoms with Crippen LogP contribution in [0.3, 0.4) is 0 Å². The molecule has 6 heteroatoms. The smallest absolute Gasteiger partial charge is 0.322 e. The van der Waals surface area contributed by atoms with Gasteiger partial charge >= 0.3 is 11.9 Å². The molecule has 5 nitrogen and oxygen atoms in total. The van der Waals surface area contributed by atoms with Crippen molar-refractivity contribution in [2.45, 2.75) is 25.3 Å². The summed E-state index contributed by atoms with van der Waals surface area (Å²) in [4.78, 5) is 21.4. The topological polar surface area (TPSA) is 75.6 Å². The van der Waals surface area contributed by atoms with E-state index in [2.05, 4.69) is 10.1 Å². The van der Waals surface area contributed by atoms with Crippen molar-refractivity contribution in [1.29, 1.82) is 0 Å². The van der Waals surface area contributed by atoms with Gasteiger partial charge < -0.3 is 15.2 Å². The quantitative estimate of drug-likeness (QED) is 0.694. The van der Waals surface area contributed by atoms with E-state index in [0.29, 0.717) is 19.4 Å². The lowest BCUT2D eigenvalue weighted by Crippen LogP contribution is -2.31. The van der Waals surface area contributed by atoms with Crippen LogP contribution < -0.4 is 5.32 Å². The number of carbonyl (C=O) groups excluding carboxylic acids is 1. The number of carboxylic acids is 1. The Kier molecular flexibility index (Phi) is 6.27. The number of nitrogens with one attached hydrogen (secondary N) is 1. The number of carbonyl (C=O) groups is 2. The van der Waals surface area contributed by atoms with Crippen molar-refractivity contribution in [1.82, 2.24) is 5.32 Å². The highest BCUT2D eigenvalue weighted by Crippen LogP contribution is 2.19. The van der Waals surface area contributed by atoms with Crippen LogP contribution >= 0.6 is 12.4 Å². The van der Waals surface area contributed by atoms with Gasteiger partial charge in [0.05, 0.1) is 7.11 Å². The van der Waals surface area contributed by atoms with Crippen LogP contribution in [0, 0.1) is 5.92 Å². The summed E-state index contributed by atoms with van der Waals surface area (Å²) in [6.07, 6.45) is 1.47. The molecule has 0 aliphatic carbocycles. The fourth-order valence-electron chi connectivity index (χ4n) is 1.68. The maximum absolute atomic E-state index is 11.1. The van der Waals surface area contributed by atoms with Gasteiger partial charge in [-0.2, -0.15) is 0 Å². The number of hydrogen-bond acceptors (Lipinski definition) is 4. The molecule has 0 saturated carbocycles. The maximum Gasteiger partial charge on any atom is 0.322 e. The minimum atomic E-state index is -0.786. The fourth-order valence-corrected chi connectivity index (χ4v) is 1.68. The second kappa shape index (κ2) is 6.63. The minimum Gasteiger partial charge on any atom is -0.481 e. The molecule has 1 fully saturated rings. The highest BCUT2D eigenvalue weighted by atomic mass is 35.5. The molecule has 2 atom stereocenters.